The van der Waals surface area contributed by atoms with E-state index in [1.165, 1.54) is 13.8 Å². The molecule has 1 saturated heterocycles. The maximum atomic E-state index is 13.2. The lowest BCUT2D eigenvalue weighted by Gasteiger charge is -2.61. The number of carbonyl (C=O) groups is 3. The number of ether oxygens (including phenoxy) is 4. The van der Waals surface area contributed by atoms with Gasteiger partial charge < -0.3 is 24.1 Å². The molecule has 1 spiro atoms. The van der Waals surface area contributed by atoms with Crippen molar-refractivity contribution >= 4 is 17.9 Å². The molecule has 1 aromatic carbocycles. The van der Waals surface area contributed by atoms with E-state index in [1.807, 2.05) is 20.8 Å². The van der Waals surface area contributed by atoms with E-state index < -0.39 is 52.8 Å². The number of aliphatic hydroxyl groups is 1. The maximum Gasteiger partial charge on any atom is 0.338 e. The Bertz CT molecular complexity index is 959. The van der Waals surface area contributed by atoms with E-state index in [-0.39, 0.29) is 18.4 Å². The van der Waals surface area contributed by atoms with Gasteiger partial charge in [0.15, 0.2) is 0 Å². The van der Waals surface area contributed by atoms with E-state index >= 15 is 0 Å². The average Bonchev–Trinajstić information content (AvgIpc) is 2.99. The molecule has 0 aromatic heterocycles. The van der Waals surface area contributed by atoms with Crippen molar-refractivity contribution in [3.63, 3.8) is 0 Å². The summed E-state index contributed by atoms with van der Waals surface area (Å²) in [6.07, 6.45) is -1.52. The van der Waals surface area contributed by atoms with Gasteiger partial charge in [-0.25, -0.2) is 4.79 Å². The summed E-state index contributed by atoms with van der Waals surface area (Å²) in [6, 6.07) is 8.63. The van der Waals surface area contributed by atoms with Crippen molar-refractivity contribution in [1.82, 2.24) is 0 Å². The molecular formula is C26H34O8. The Morgan fingerprint density at radius 2 is 1.74 bits per heavy atom. The lowest BCUT2D eigenvalue weighted by molar-refractivity contribution is -0.295. The van der Waals surface area contributed by atoms with Gasteiger partial charge in [-0.3, -0.25) is 9.59 Å². The summed E-state index contributed by atoms with van der Waals surface area (Å²) >= 11 is 0. The molecule has 34 heavy (non-hydrogen) atoms. The zero-order chi connectivity index (χ0) is 24.9. The number of benzene rings is 1. The maximum absolute atomic E-state index is 13.2. The Kier molecular flexibility index (Phi) is 6.27. The molecule has 8 nitrogen and oxygen atoms in total. The molecule has 1 aromatic rings. The molecule has 8 heteroatoms. The number of esters is 3. The fraction of sp³-hybridized carbons (Fsp3) is 0.654. The smallest absolute Gasteiger partial charge is 0.338 e. The van der Waals surface area contributed by atoms with Crippen LogP contribution in [0.5, 0.6) is 0 Å². The third-order valence-electron chi connectivity index (χ3n) is 8.19. The van der Waals surface area contributed by atoms with E-state index in [1.54, 1.807) is 30.3 Å². The zero-order valence-electron chi connectivity index (χ0n) is 20.4. The van der Waals surface area contributed by atoms with E-state index in [2.05, 4.69) is 0 Å². The second-order valence-electron chi connectivity index (χ2n) is 10.5. The fourth-order valence-corrected chi connectivity index (χ4v) is 6.57. The highest BCUT2D eigenvalue weighted by Gasteiger charge is 2.76. The number of fused-ring (bicyclic) bond motifs is 1. The van der Waals surface area contributed by atoms with Crippen LogP contribution in [0.4, 0.5) is 0 Å². The molecule has 7 atom stereocenters. The summed E-state index contributed by atoms with van der Waals surface area (Å²) in [4.78, 5) is 37.0. The lowest BCUT2D eigenvalue weighted by atomic mass is 9.49. The van der Waals surface area contributed by atoms with Gasteiger partial charge >= 0.3 is 17.9 Å². The highest BCUT2D eigenvalue weighted by molar-refractivity contribution is 5.89. The molecule has 186 valence electrons. The van der Waals surface area contributed by atoms with Crippen LogP contribution in [-0.2, 0) is 28.5 Å². The molecule has 4 rings (SSSR count). The second kappa shape index (κ2) is 8.64. The van der Waals surface area contributed by atoms with Crippen LogP contribution in [0.25, 0.3) is 0 Å². The van der Waals surface area contributed by atoms with Crippen LogP contribution in [0.1, 0.15) is 64.2 Å². The van der Waals surface area contributed by atoms with Gasteiger partial charge in [0.05, 0.1) is 16.8 Å². The fourth-order valence-electron chi connectivity index (χ4n) is 6.57. The number of aliphatic hydroxyl groups excluding tert-OH is 1. The van der Waals surface area contributed by atoms with Crippen LogP contribution >= 0.6 is 0 Å². The normalized spacial score (nSPS) is 37.9. The van der Waals surface area contributed by atoms with Crippen molar-refractivity contribution in [3.05, 3.63) is 35.9 Å². The number of carbonyl (C=O) groups excluding carboxylic acids is 3. The van der Waals surface area contributed by atoms with Crippen molar-refractivity contribution in [1.29, 1.82) is 0 Å². The van der Waals surface area contributed by atoms with Crippen LogP contribution < -0.4 is 0 Å². The summed E-state index contributed by atoms with van der Waals surface area (Å²) in [5, 5.41) is 11.8. The molecule has 2 bridgehead atoms. The molecule has 0 unspecified atom stereocenters. The van der Waals surface area contributed by atoms with E-state index in [9.17, 15) is 19.5 Å². The van der Waals surface area contributed by atoms with Crippen molar-refractivity contribution in [2.24, 2.45) is 17.3 Å². The quantitative estimate of drug-likeness (QED) is 0.512. The van der Waals surface area contributed by atoms with E-state index in [0.717, 1.165) is 0 Å². The van der Waals surface area contributed by atoms with Gasteiger partial charge in [0.25, 0.3) is 0 Å². The minimum absolute atomic E-state index is 0.0615. The SMILES string of the molecule is CC(=O)OC[C@]12[C@@H](OC(=O)c3ccccc3)C[C@@H]3C[C@]1(OC3(C)C)[C@H](C)C[C@H](OC(C)=O)[C@@H]2O. The summed E-state index contributed by atoms with van der Waals surface area (Å²) in [5.41, 5.74) is -2.41. The van der Waals surface area contributed by atoms with Crippen LogP contribution in [-0.4, -0.2) is 59.1 Å². The molecule has 1 heterocycles. The van der Waals surface area contributed by atoms with Crippen LogP contribution in [0, 0.1) is 17.3 Å². The Balaban J connectivity index is 1.83. The average molecular weight is 475 g/mol. The number of hydrogen-bond donors (Lipinski definition) is 1. The Labute approximate surface area is 199 Å². The highest BCUT2D eigenvalue weighted by Crippen LogP contribution is 2.66. The standard InChI is InChI=1S/C26H34O8/c1-15-11-20(32-17(3)28)22(29)25(14-31-16(2)27)21(33-23(30)18-9-7-6-8-10-18)12-19-13-26(15,25)34-24(19,4)5/h6-10,15,19-22,29H,11-14H2,1-5H3/t15-,19-,20+,21+,22+,25-,26+/m1/s1. The Morgan fingerprint density at radius 3 is 2.35 bits per heavy atom. The van der Waals surface area contributed by atoms with Crippen LogP contribution in [0.3, 0.4) is 0 Å². The molecular weight excluding hydrogens is 440 g/mol. The molecule has 0 radical (unpaired) electrons. The summed E-state index contributed by atoms with van der Waals surface area (Å²) in [5.74, 6) is -1.68. The largest absolute Gasteiger partial charge is 0.465 e. The van der Waals surface area contributed by atoms with Crippen molar-refractivity contribution < 1.29 is 38.4 Å². The van der Waals surface area contributed by atoms with Gasteiger partial charge in [0.1, 0.15) is 30.3 Å². The monoisotopic (exact) mass is 474 g/mol. The third kappa shape index (κ3) is 3.81. The first-order valence-corrected chi connectivity index (χ1v) is 11.9. The molecule has 2 saturated carbocycles. The first kappa shape index (κ1) is 24.7. The van der Waals surface area contributed by atoms with Crippen molar-refractivity contribution in [3.8, 4) is 0 Å². The molecule has 1 N–H and O–H groups in total. The second-order valence-corrected chi connectivity index (χ2v) is 10.5. The first-order valence-electron chi connectivity index (χ1n) is 11.9. The summed E-state index contributed by atoms with van der Waals surface area (Å²) in [6.45, 7) is 8.36. The topological polar surface area (TPSA) is 108 Å². The van der Waals surface area contributed by atoms with Crippen LogP contribution in [0.2, 0.25) is 0 Å². The lowest BCUT2D eigenvalue weighted by Crippen LogP contribution is -2.74. The first-order chi connectivity index (χ1) is 15.9. The van der Waals surface area contributed by atoms with Gasteiger partial charge in [-0.15, -0.1) is 0 Å². The summed E-state index contributed by atoms with van der Waals surface area (Å²) < 4.78 is 23.9. The molecule has 0 amide bonds. The van der Waals surface area contributed by atoms with Crippen molar-refractivity contribution in [2.75, 3.05) is 6.61 Å². The predicted octanol–water partition coefficient (Wildman–Crippen LogP) is 3.05. The van der Waals surface area contributed by atoms with Gasteiger partial charge in [0, 0.05) is 13.8 Å². The Morgan fingerprint density at radius 1 is 1.06 bits per heavy atom. The number of rotatable bonds is 5. The third-order valence-corrected chi connectivity index (χ3v) is 8.19. The predicted molar refractivity (Wildman–Crippen MR) is 121 cm³/mol. The minimum Gasteiger partial charge on any atom is -0.465 e. The molecule has 3 fully saturated rings. The van der Waals surface area contributed by atoms with E-state index in [4.69, 9.17) is 18.9 Å². The van der Waals surface area contributed by atoms with E-state index in [0.29, 0.717) is 24.8 Å². The molecule has 1 aliphatic heterocycles. The van der Waals surface area contributed by atoms with Gasteiger partial charge in [0.2, 0.25) is 0 Å². The van der Waals surface area contributed by atoms with Crippen molar-refractivity contribution in [2.45, 2.75) is 83.4 Å². The molecule has 2 aliphatic carbocycles. The van der Waals surface area contributed by atoms with Gasteiger partial charge in [-0.05, 0) is 57.1 Å². The molecule has 3 aliphatic rings. The van der Waals surface area contributed by atoms with Crippen LogP contribution in [0.15, 0.2) is 30.3 Å². The Hall–Kier alpha value is -2.45. The number of hydrogen-bond acceptors (Lipinski definition) is 8. The van der Waals surface area contributed by atoms with Gasteiger partial charge in [-0.1, -0.05) is 25.1 Å². The summed E-state index contributed by atoms with van der Waals surface area (Å²) in [7, 11) is 0. The van der Waals surface area contributed by atoms with Gasteiger partial charge in [-0.2, -0.15) is 0 Å². The highest BCUT2D eigenvalue weighted by atomic mass is 16.6. The zero-order valence-corrected chi connectivity index (χ0v) is 20.4. The minimum atomic E-state index is -1.31.